The molecular weight excluding hydrogens is 238 g/mol. The molecule has 2 N–H and O–H groups in total. The predicted octanol–water partition coefficient (Wildman–Crippen LogP) is 2.36. The quantitative estimate of drug-likeness (QED) is 0.866. The number of carboxylic acids is 1. The minimum atomic E-state index is -0.868. The van der Waals surface area contributed by atoms with Gasteiger partial charge in [-0.2, -0.15) is 0 Å². The van der Waals surface area contributed by atoms with Crippen molar-refractivity contribution < 1.29 is 9.90 Å². The summed E-state index contributed by atoms with van der Waals surface area (Å²) in [5.41, 5.74) is -0.0614. The maximum atomic E-state index is 11.0. The number of aromatic nitrogens is 2. The summed E-state index contributed by atoms with van der Waals surface area (Å²) in [4.78, 5) is 11.0. The first-order chi connectivity index (χ1) is 7.71. The van der Waals surface area contributed by atoms with Crippen LogP contribution in [0.5, 0.6) is 0 Å². The van der Waals surface area contributed by atoms with E-state index in [0.29, 0.717) is 5.13 Å². The van der Waals surface area contributed by atoms with Crippen LogP contribution in [0.25, 0.3) is 0 Å². The van der Waals surface area contributed by atoms with Gasteiger partial charge in [0.2, 0.25) is 5.13 Å². The molecule has 0 aliphatic heterocycles. The number of carboxylic acid groups (broad SMARTS) is 1. The Kier molecular flexibility index (Phi) is 4.08. The van der Waals surface area contributed by atoms with Gasteiger partial charge in [0, 0.05) is 5.41 Å². The van der Waals surface area contributed by atoms with E-state index < -0.39 is 12.0 Å². The van der Waals surface area contributed by atoms with Gasteiger partial charge in [-0.1, -0.05) is 46.0 Å². The third-order valence-corrected chi connectivity index (χ3v) is 3.56. The van der Waals surface area contributed by atoms with Crippen LogP contribution >= 0.6 is 11.3 Å². The smallest absolute Gasteiger partial charge is 0.326 e. The number of aliphatic carboxylic acids is 1. The number of hydrogen-bond acceptors (Lipinski definition) is 5. The van der Waals surface area contributed by atoms with Gasteiger partial charge in [-0.15, -0.1) is 10.2 Å². The lowest BCUT2D eigenvalue weighted by molar-refractivity contribution is -0.138. The van der Waals surface area contributed by atoms with Gasteiger partial charge in [0.15, 0.2) is 0 Å². The number of rotatable bonds is 4. The Hall–Kier alpha value is -1.17. The van der Waals surface area contributed by atoms with Crippen molar-refractivity contribution in [2.24, 2.45) is 5.92 Å². The highest BCUT2D eigenvalue weighted by molar-refractivity contribution is 7.15. The van der Waals surface area contributed by atoms with Gasteiger partial charge in [-0.3, -0.25) is 0 Å². The predicted molar refractivity (Wildman–Crippen MR) is 68.5 cm³/mol. The molecule has 0 fully saturated rings. The zero-order chi connectivity index (χ0) is 13.2. The number of anilines is 1. The Morgan fingerprint density at radius 1 is 1.35 bits per heavy atom. The number of nitrogens with one attached hydrogen (secondary N) is 1. The van der Waals surface area contributed by atoms with Crippen LogP contribution in [0.1, 0.15) is 39.6 Å². The molecule has 96 valence electrons. The van der Waals surface area contributed by atoms with E-state index in [9.17, 15) is 4.79 Å². The summed E-state index contributed by atoms with van der Waals surface area (Å²) in [6.45, 7) is 9.87. The summed E-state index contributed by atoms with van der Waals surface area (Å²) in [6.07, 6.45) is 0. The molecule has 17 heavy (non-hydrogen) atoms. The zero-order valence-corrected chi connectivity index (χ0v) is 11.6. The second-order valence-electron chi connectivity index (χ2n) is 5.37. The van der Waals surface area contributed by atoms with Gasteiger partial charge >= 0.3 is 5.97 Å². The monoisotopic (exact) mass is 257 g/mol. The van der Waals surface area contributed by atoms with E-state index in [-0.39, 0.29) is 11.3 Å². The van der Waals surface area contributed by atoms with Crippen LogP contribution in [0.2, 0.25) is 0 Å². The average molecular weight is 257 g/mol. The lowest BCUT2D eigenvalue weighted by atomic mass is 9.98. The first-order valence-electron chi connectivity index (χ1n) is 5.55. The molecule has 0 aliphatic rings. The van der Waals surface area contributed by atoms with Crippen molar-refractivity contribution in [1.82, 2.24) is 10.2 Å². The molecule has 6 heteroatoms. The summed E-state index contributed by atoms with van der Waals surface area (Å²) < 4.78 is 0. The summed E-state index contributed by atoms with van der Waals surface area (Å²) in [5.74, 6) is -0.873. The Labute approximate surface area is 105 Å². The van der Waals surface area contributed by atoms with Gasteiger partial charge in [0.1, 0.15) is 11.0 Å². The highest BCUT2D eigenvalue weighted by Gasteiger charge is 2.24. The molecule has 0 saturated heterocycles. The van der Waals surface area contributed by atoms with Crippen LogP contribution in [0.4, 0.5) is 5.13 Å². The number of nitrogens with zero attached hydrogens (tertiary/aromatic N) is 2. The molecular formula is C11H19N3O2S. The van der Waals surface area contributed by atoms with E-state index in [2.05, 4.69) is 36.3 Å². The van der Waals surface area contributed by atoms with Crippen LogP contribution in [-0.4, -0.2) is 27.3 Å². The van der Waals surface area contributed by atoms with Crippen LogP contribution < -0.4 is 5.32 Å². The molecule has 1 rings (SSSR count). The van der Waals surface area contributed by atoms with E-state index in [0.717, 1.165) is 5.01 Å². The Bertz CT molecular complexity index is 396. The molecule has 0 saturated carbocycles. The van der Waals surface area contributed by atoms with Gasteiger partial charge in [-0.05, 0) is 5.92 Å². The Morgan fingerprint density at radius 3 is 2.29 bits per heavy atom. The van der Waals surface area contributed by atoms with Crippen molar-refractivity contribution in [2.45, 2.75) is 46.1 Å². The molecule has 1 aromatic heterocycles. The first-order valence-corrected chi connectivity index (χ1v) is 6.37. The van der Waals surface area contributed by atoms with Gasteiger partial charge in [0.25, 0.3) is 0 Å². The molecule has 1 atom stereocenters. The fraction of sp³-hybridized carbons (Fsp3) is 0.727. The normalized spacial score (nSPS) is 13.8. The summed E-state index contributed by atoms with van der Waals surface area (Å²) in [7, 11) is 0. The molecule has 0 aromatic carbocycles. The SMILES string of the molecule is CC(C)[C@@H](Nc1nnc(C(C)(C)C)s1)C(=O)O. The lowest BCUT2D eigenvalue weighted by Crippen LogP contribution is -2.34. The van der Waals surface area contributed by atoms with Gasteiger partial charge in [-0.25, -0.2) is 4.79 Å². The number of carbonyl (C=O) groups is 1. The standard InChI is InChI=1S/C11H19N3O2S/c1-6(2)7(8(15)16)12-10-14-13-9(17-10)11(3,4)5/h6-7H,1-5H3,(H,12,14)(H,15,16)/t7-/m1/s1. The van der Waals surface area contributed by atoms with Crippen LogP contribution in [-0.2, 0) is 10.2 Å². The maximum Gasteiger partial charge on any atom is 0.326 e. The molecule has 0 radical (unpaired) electrons. The third kappa shape index (κ3) is 3.66. The minimum absolute atomic E-state index is 0.00510. The van der Waals surface area contributed by atoms with E-state index in [1.54, 1.807) is 0 Å². The van der Waals surface area contributed by atoms with E-state index in [1.165, 1.54) is 11.3 Å². The summed E-state index contributed by atoms with van der Waals surface area (Å²) in [5, 5.41) is 21.5. The fourth-order valence-corrected chi connectivity index (χ4v) is 2.07. The highest BCUT2D eigenvalue weighted by Crippen LogP contribution is 2.28. The summed E-state index contributed by atoms with van der Waals surface area (Å²) >= 11 is 1.41. The van der Waals surface area contributed by atoms with E-state index in [4.69, 9.17) is 5.11 Å². The molecule has 1 aromatic rings. The number of hydrogen-bond donors (Lipinski definition) is 2. The fourth-order valence-electron chi connectivity index (χ4n) is 1.23. The molecule has 0 amide bonds. The molecule has 5 nitrogen and oxygen atoms in total. The highest BCUT2D eigenvalue weighted by atomic mass is 32.1. The largest absolute Gasteiger partial charge is 0.480 e. The second-order valence-corrected chi connectivity index (χ2v) is 6.34. The van der Waals surface area contributed by atoms with Crippen molar-refractivity contribution in [2.75, 3.05) is 5.32 Å². The Morgan fingerprint density at radius 2 is 1.94 bits per heavy atom. The van der Waals surface area contributed by atoms with E-state index in [1.807, 2.05) is 13.8 Å². The summed E-state index contributed by atoms with van der Waals surface area (Å²) in [6, 6.07) is -0.629. The zero-order valence-electron chi connectivity index (χ0n) is 10.8. The second kappa shape index (κ2) is 5.00. The van der Waals surface area contributed by atoms with Crippen LogP contribution in [0.3, 0.4) is 0 Å². The van der Waals surface area contributed by atoms with Crippen molar-refractivity contribution in [3.63, 3.8) is 0 Å². The average Bonchev–Trinajstić information content (AvgIpc) is 2.60. The topological polar surface area (TPSA) is 75.1 Å². The van der Waals surface area contributed by atoms with E-state index >= 15 is 0 Å². The third-order valence-electron chi connectivity index (χ3n) is 2.28. The van der Waals surface area contributed by atoms with Crippen LogP contribution in [0, 0.1) is 5.92 Å². The van der Waals surface area contributed by atoms with Crippen molar-refractivity contribution in [1.29, 1.82) is 0 Å². The van der Waals surface area contributed by atoms with Gasteiger partial charge < -0.3 is 10.4 Å². The molecule has 1 heterocycles. The minimum Gasteiger partial charge on any atom is -0.480 e. The van der Waals surface area contributed by atoms with Crippen LogP contribution in [0.15, 0.2) is 0 Å². The Balaban J connectivity index is 2.81. The van der Waals surface area contributed by atoms with Gasteiger partial charge in [0.05, 0.1) is 0 Å². The maximum absolute atomic E-state index is 11.0. The first kappa shape index (κ1) is 13.9. The lowest BCUT2D eigenvalue weighted by Gasteiger charge is -2.16. The van der Waals surface area contributed by atoms with Crippen molar-refractivity contribution >= 4 is 22.4 Å². The molecule has 0 aliphatic carbocycles. The van der Waals surface area contributed by atoms with Crippen molar-refractivity contribution in [3.05, 3.63) is 5.01 Å². The molecule has 0 bridgehead atoms. The molecule has 0 unspecified atom stereocenters. The van der Waals surface area contributed by atoms with Crippen molar-refractivity contribution in [3.8, 4) is 0 Å². The molecule has 0 spiro atoms.